The van der Waals surface area contributed by atoms with Gasteiger partial charge in [-0.25, -0.2) is 4.39 Å². The lowest BCUT2D eigenvalue weighted by molar-refractivity contribution is 0.0562. The molecule has 1 N–H and O–H groups in total. The molecular weight excluding hydrogens is 414 g/mol. The molecule has 2 aromatic heterocycles. The lowest BCUT2D eigenvalue weighted by Gasteiger charge is -2.19. The highest BCUT2D eigenvalue weighted by atomic mass is 35.5. The smallest absolute Gasteiger partial charge is 0.150 e. The summed E-state index contributed by atoms with van der Waals surface area (Å²) in [5.41, 5.74) is 4.60. The summed E-state index contributed by atoms with van der Waals surface area (Å²) in [7, 11) is 0. The Bertz CT molecular complexity index is 1180. The number of aliphatic hydroxyl groups is 1. The minimum Gasteiger partial charge on any atom is -0.406 e. The highest BCUT2D eigenvalue weighted by Gasteiger charge is 2.20. The van der Waals surface area contributed by atoms with Crippen LogP contribution in [-0.4, -0.2) is 14.8 Å². The van der Waals surface area contributed by atoms with Gasteiger partial charge in [0.15, 0.2) is 6.10 Å². The first-order valence-electron chi connectivity index (χ1n) is 8.95. The molecule has 148 valence electrons. The lowest BCUT2D eigenvalue weighted by atomic mass is 10.1. The van der Waals surface area contributed by atoms with Crippen LogP contribution in [0.5, 0.6) is 0 Å². The molecule has 4 nitrogen and oxygen atoms in total. The van der Waals surface area contributed by atoms with Gasteiger partial charge in [0.1, 0.15) is 11.3 Å². The Morgan fingerprint density at radius 3 is 2.59 bits per heavy atom. The van der Waals surface area contributed by atoms with Crippen LogP contribution in [0.3, 0.4) is 0 Å². The van der Waals surface area contributed by atoms with Gasteiger partial charge in [0.25, 0.3) is 0 Å². The van der Waals surface area contributed by atoms with Crippen LogP contribution in [0.2, 0.25) is 10.0 Å². The molecular formula is C22H17Cl2FN2O2. The molecule has 4 aromatic rings. The molecule has 0 fully saturated rings. The van der Waals surface area contributed by atoms with Crippen molar-refractivity contribution in [3.63, 3.8) is 0 Å². The van der Waals surface area contributed by atoms with Crippen LogP contribution in [0.4, 0.5) is 4.39 Å². The van der Waals surface area contributed by atoms with E-state index in [2.05, 4.69) is 4.98 Å². The number of hydrogen-bond donors (Lipinski definition) is 1. The third-order valence-corrected chi connectivity index (χ3v) is 5.44. The molecule has 0 saturated heterocycles. The molecule has 0 aliphatic heterocycles. The summed E-state index contributed by atoms with van der Waals surface area (Å²) in [5, 5.41) is 9.49. The first-order chi connectivity index (χ1) is 14.0. The van der Waals surface area contributed by atoms with E-state index in [-0.39, 0.29) is 11.6 Å². The molecule has 4 rings (SSSR count). The third-order valence-electron chi connectivity index (χ3n) is 4.73. The van der Waals surface area contributed by atoms with Crippen molar-refractivity contribution >= 4 is 34.2 Å². The molecule has 0 bridgehead atoms. The number of nitrogens with zero attached hydrogens (tertiary/aromatic N) is 2. The van der Waals surface area contributed by atoms with E-state index in [4.69, 9.17) is 28.0 Å². The predicted molar refractivity (Wildman–Crippen MR) is 113 cm³/mol. The molecule has 0 saturated carbocycles. The number of aliphatic hydroxyl groups excluding tert-OH is 1. The Labute approximate surface area is 177 Å². The first-order valence-corrected chi connectivity index (χ1v) is 9.71. The Hall–Kier alpha value is -2.60. The summed E-state index contributed by atoms with van der Waals surface area (Å²) >= 11 is 12.3. The lowest BCUT2D eigenvalue weighted by Crippen LogP contribution is -2.16. The van der Waals surface area contributed by atoms with E-state index in [0.29, 0.717) is 10.6 Å². The zero-order valence-corrected chi connectivity index (χ0v) is 17.0. The van der Waals surface area contributed by atoms with E-state index in [1.165, 1.54) is 12.1 Å². The first kappa shape index (κ1) is 19.7. The van der Waals surface area contributed by atoms with Gasteiger partial charge in [0.2, 0.25) is 0 Å². The average molecular weight is 431 g/mol. The monoisotopic (exact) mass is 430 g/mol. The molecule has 1 unspecified atom stereocenters. The van der Waals surface area contributed by atoms with Gasteiger partial charge in [-0.05, 0) is 42.3 Å². The van der Waals surface area contributed by atoms with Crippen molar-refractivity contribution in [2.45, 2.75) is 19.6 Å². The SMILES string of the molecule is CC(On1ccc2ncc(-c3ccc(CO)cc3)cc21)c1c(Cl)ccc(F)c1Cl. The highest BCUT2D eigenvalue weighted by Crippen LogP contribution is 2.33. The van der Waals surface area contributed by atoms with Gasteiger partial charge in [0.05, 0.1) is 17.1 Å². The number of halogens is 3. The predicted octanol–water partition coefficient (Wildman–Crippen LogP) is 5.83. The Balaban J connectivity index is 1.69. The Morgan fingerprint density at radius 1 is 1.10 bits per heavy atom. The second-order valence-electron chi connectivity index (χ2n) is 6.63. The van der Waals surface area contributed by atoms with E-state index in [1.807, 2.05) is 36.4 Å². The molecule has 1 atom stereocenters. The highest BCUT2D eigenvalue weighted by molar-refractivity contribution is 6.36. The standard InChI is InChI=1S/C22H17Cl2FN2O2/c1-13(21-17(23)6-7-18(25)22(21)24)29-27-9-8-19-20(27)10-16(11-26-19)15-4-2-14(12-28)3-5-15/h2-11,13,28H,12H2,1H3. The van der Waals surface area contributed by atoms with Gasteiger partial charge < -0.3 is 9.94 Å². The van der Waals surface area contributed by atoms with Crippen molar-refractivity contribution in [3.8, 4) is 11.1 Å². The maximum Gasteiger partial charge on any atom is 0.150 e. The van der Waals surface area contributed by atoms with Crippen LogP contribution >= 0.6 is 23.2 Å². The Kier molecular flexibility index (Phi) is 5.46. The van der Waals surface area contributed by atoms with Crippen LogP contribution in [0.15, 0.2) is 60.9 Å². The molecule has 2 aromatic carbocycles. The second kappa shape index (κ2) is 8.03. The van der Waals surface area contributed by atoms with Gasteiger partial charge in [-0.3, -0.25) is 4.98 Å². The quantitative estimate of drug-likeness (QED) is 0.405. The fourth-order valence-corrected chi connectivity index (χ4v) is 3.86. The molecule has 0 amide bonds. The molecule has 0 spiro atoms. The van der Waals surface area contributed by atoms with Crippen LogP contribution in [0, 0.1) is 5.82 Å². The third kappa shape index (κ3) is 3.81. The van der Waals surface area contributed by atoms with Gasteiger partial charge in [-0.1, -0.05) is 47.5 Å². The van der Waals surface area contributed by atoms with E-state index < -0.39 is 11.9 Å². The van der Waals surface area contributed by atoms with E-state index in [0.717, 1.165) is 27.7 Å². The van der Waals surface area contributed by atoms with E-state index in [9.17, 15) is 9.50 Å². The fraction of sp³-hybridized carbons (Fsp3) is 0.136. The minimum atomic E-state index is -0.589. The van der Waals surface area contributed by atoms with E-state index >= 15 is 0 Å². The van der Waals surface area contributed by atoms with Crippen LogP contribution in [0.1, 0.15) is 24.2 Å². The summed E-state index contributed by atoms with van der Waals surface area (Å²) < 4.78 is 15.4. The maximum atomic E-state index is 13.9. The summed E-state index contributed by atoms with van der Waals surface area (Å²) in [6.07, 6.45) is 2.94. The van der Waals surface area contributed by atoms with Gasteiger partial charge >= 0.3 is 0 Å². The average Bonchev–Trinajstić information content (AvgIpc) is 3.13. The van der Waals surface area contributed by atoms with Gasteiger partial charge in [-0.2, -0.15) is 4.73 Å². The van der Waals surface area contributed by atoms with Crippen LogP contribution in [0.25, 0.3) is 22.2 Å². The molecule has 0 aliphatic carbocycles. The number of fused-ring (bicyclic) bond motifs is 1. The maximum absolute atomic E-state index is 13.9. The zero-order chi connectivity index (χ0) is 20.5. The number of rotatable bonds is 5. The van der Waals surface area contributed by atoms with Crippen molar-refractivity contribution in [2.24, 2.45) is 0 Å². The molecule has 29 heavy (non-hydrogen) atoms. The number of pyridine rings is 1. The normalized spacial score (nSPS) is 12.3. The summed E-state index contributed by atoms with van der Waals surface area (Å²) in [6.45, 7) is 1.75. The topological polar surface area (TPSA) is 47.3 Å². The molecule has 0 aliphatic rings. The zero-order valence-electron chi connectivity index (χ0n) is 15.4. The number of aromatic nitrogens is 2. The number of benzene rings is 2. The second-order valence-corrected chi connectivity index (χ2v) is 7.41. The largest absolute Gasteiger partial charge is 0.406 e. The van der Waals surface area contributed by atoms with E-state index in [1.54, 1.807) is 24.0 Å². The van der Waals surface area contributed by atoms with Crippen molar-refractivity contribution < 1.29 is 14.3 Å². The van der Waals surface area contributed by atoms with Crippen molar-refractivity contribution in [1.29, 1.82) is 0 Å². The van der Waals surface area contributed by atoms with Crippen LogP contribution in [-0.2, 0) is 6.61 Å². The summed E-state index contributed by atoms with van der Waals surface area (Å²) in [5.74, 6) is -0.547. The minimum absolute atomic E-state index is 0.00264. The van der Waals surface area contributed by atoms with Crippen molar-refractivity contribution in [3.05, 3.63) is 87.9 Å². The summed E-state index contributed by atoms with van der Waals surface area (Å²) in [6, 6.07) is 14.1. The number of hydrogen-bond acceptors (Lipinski definition) is 3. The van der Waals surface area contributed by atoms with Gasteiger partial charge in [0, 0.05) is 28.5 Å². The Morgan fingerprint density at radius 2 is 1.86 bits per heavy atom. The van der Waals surface area contributed by atoms with Gasteiger partial charge in [-0.15, -0.1) is 0 Å². The fourth-order valence-electron chi connectivity index (χ4n) is 3.18. The van der Waals surface area contributed by atoms with Crippen molar-refractivity contribution in [1.82, 2.24) is 9.71 Å². The van der Waals surface area contributed by atoms with Crippen LogP contribution < -0.4 is 4.84 Å². The molecule has 0 radical (unpaired) electrons. The molecule has 2 heterocycles. The van der Waals surface area contributed by atoms with Crippen molar-refractivity contribution in [2.75, 3.05) is 0 Å². The molecule has 7 heteroatoms. The summed E-state index contributed by atoms with van der Waals surface area (Å²) in [4.78, 5) is 10.5.